The van der Waals surface area contributed by atoms with Crippen molar-refractivity contribution in [2.24, 2.45) is 0 Å². The second kappa shape index (κ2) is 7.33. The molecule has 0 aliphatic carbocycles. The minimum atomic E-state index is -0.0875. The number of aromatic nitrogens is 3. The first-order chi connectivity index (χ1) is 12.7. The summed E-state index contributed by atoms with van der Waals surface area (Å²) in [6.45, 7) is 5.32. The minimum absolute atomic E-state index is 0.0875. The molecule has 0 saturated carbocycles. The number of anilines is 2. The van der Waals surface area contributed by atoms with Gasteiger partial charge in [-0.25, -0.2) is 9.78 Å². The van der Waals surface area contributed by atoms with Gasteiger partial charge in [0, 0.05) is 45.5 Å². The molecule has 26 heavy (non-hydrogen) atoms. The summed E-state index contributed by atoms with van der Waals surface area (Å²) in [4.78, 5) is 23.5. The smallest absolute Gasteiger partial charge is 0.322 e. The molecule has 8 heteroatoms. The fourth-order valence-electron chi connectivity index (χ4n) is 3.49. The standard InChI is InChI=1S/C18H25N7O/c1-23-7-9-24(10-8-23)17-5-4-14(11-19-17)12-20-18(26)25-6-2-3-15-16(25)13-21-22-15/h4-5,11,13H,2-3,6-10,12H2,1H3,(H,20,26)(H,21,22). The Labute approximate surface area is 153 Å². The Hall–Kier alpha value is -2.61. The number of rotatable bonds is 3. The first-order valence-corrected chi connectivity index (χ1v) is 9.17. The zero-order chi connectivity index (χ0) is 17.9. The highest BCUT2D eigenvalue weighted by Gasteiger charge is 2.23. The van der Waals surface area contributed by atoms with Crippen LogP contribution in [0.4, 0.5) is 16.3 Å². The van der Waals surface area contributed by atoms with Crippen molar-refractivity contribution >= 4 is 17.5 Å². The summed E-state index contributed by atoms with van der Waals surface area (Å²) in [5.74, 6) is 1.01. The van der Waals surface area contributed by atoms with Gasteiger partial charge in [-0.15, -0.1) is 0 Å². The molecule has 4 heterocycles. The van der Waals surface area contributed by atoms with Crippen LogP contribution in [0.1, 0.15) is 17.7 Å². The highest BCUT2D eigenvalue weighted by atomic mass is 16.2. The summed E-state index contributed by atoms with van der Waals surface area (Å²) >= 11 is 0. The van der Waals surface area contributed by atoms with Crippen molar-refractivity contribution in [2.45, 2.75) is 19.4 Å². The van der Waals surface area contributed by atoms with Crippen LogP contribution in [-0.2, 0) is 13.0 Å². The molecule has 1 fully saturated rings. The predicted molar refractivity (Wildman–Crippen MR) is 100 cm³/mol. The molecular formula is C18H25N7O. The normalized spacial score (nSPS) is 17.9. The molecule has 0 spiro atoms. The molecule has 0 unspecified atom stereocenters. The van der Waals surface area contributed by atoms with E-state index in [9.17, 15) is 4.79 Å². The number of piperazine rings is 1. The summed E-state index contributed by atoms with van der Waals surface area (Å²) in [5, 5.41) is 10.0. The second-order valence-corrected chi connectivity index (χ2v) is 6.96. The number of carbonyl (C=O) groups excluding carboxylic acids is 1. The fraction of sp³-hybridized carbons (Fsp3) is 0.500. The lowest BCUT2D eigenvalue weighted by Crippen LogP contribution is -2.44. The third-order valence-corrected chi connectivity index (χ3v) is 5.12. The van der Waals surface area contributed by atoms with E-state index in [0.717, 1.165) is 68.3 Å². The number of urea groups is 1. The average molecular weight is 355 g/mol. The van der Waals surface area contributed by atoms with Gasteiger partial charge >= 0.3 is 6.03 Å². The van der Waals surface area contributed by atoms with Crippen LogP contribution in [0.3, 0.4) is 0 Å². The van der Waals surface area contributed by atoms with E-state index in [0.29, 0.717) is 6.54 Å². The zero-order valence-corrected chi connectivity index (χ0v) is 15.1. The fourth-order valence-corrected chi connectivity index (χ4v) is 3.49. The summed E-state index contributed by atoms with van der Waals surface area (Å²) in [5.41, 5.74) is 2.92. The van der Waals surface area contributed by atoms with Gasteiger partial charge in [0.05, 0.1) is 17.6 Å². The molecule has 0 atom stereocenters. The lowest BCUT2D eigenvalue weighted by molar-refractivity contribution is 0.245. The second-order valence-electron chi connectivity index (χ2n) is 6.96. The Balaban J connectivity index is 1.33. The lowest BCUT2D eigenvalue weighted by atomic mass is 10.1. The maximum atomic E-state index is 12.5. The molecule has 2 aliphatic rings. The number of aryl methyl sites for hydroxylation is 1. The lowest BCUT2D eigenvalue weighted by Gasteiger charge is -2.33. The first kappa shape index (κ1) is 16.8. The molecule has 138 valence electrons. The van der Waals surface area contributed by atoms with E-state index in [1.165, 1.54) is 0 Å². The minimum Gasteiger partial charge on any atom is -0.354 e. The first-order valence-electron chi connectivity index (χ1n) is 9.17. The molecule has 2 aromatic heterocycles. The van der Waals surface area contributed by atoms with Crippen molar-refractivity contribution in [3.05, 3.63) is 35.8 Å². The van der Waals surface area contributed by atoms with Gasteiger partial charge in [0.2, 0.25) is 0 Å². The van der Waals surface area contributed by atoms with Gasteiger partial charge in [-0.05, 0) is 31.5 Å². The van der Waals surface area contributed by atoms with Crippen molar-refractivity contribution in [1.82, 2.24) is 25.4 Å². The highest BCUT2D eigenvalue weighted by molar-refractivity contribution is 5.92. The highest BCUT2D eigenvalue weighted by Crippen LogP contribution is 2.24. The largest absolute Gasteiger partial charge is 0.354 e. The third kappa shape index (κ3) is 3.50. The SMILES string of the molecule is CN1CCN(c2ccc(CNC(=O)N3CCCc4[nH]ncc43)cn2)CC1. The van der Waals surface area contributed by atoms with Crippen molar-refractivity contribution < 1.29 is 4.79 Å². The molecule has 2 N–H and O–H groups in total. The number of amides is 2. The number of carbonyl (C=O) groups is 1. The number of likely N-dealkylation sites (N-methyl/N-ethyl adjacent to an activating group) is 1. The number of pyridine rings is 1. The number of nitrogens with one attached hydrogen (secondary N) is 2. The summed E-state index contributed by atoms with van der Waals surface area (Å²) < 4.78 is 0. The Morgan fingerprint density at radius 3 is 2.81 bits per heavy atom. The molecule has 0 aromatic carbocycles. The van der Waals surface area contributed by atoms with Crippen LogP contribution >= 0.6 is 0 Å². The molecule has 1 saturated heterocycles. The van der Waals surface area contributed by atoms with E-state index in [2.05, 4.69) is 37.3 Å². The van der Waals surface area contributed by atoms with E-state index in [1.54, 1.807) is 11.1 Å². The van der Waals surface area contributed by atoms with Crippen LogP contribution in [0.25, 0.3) is 0 Å². The van der Waals surface area contributed by atoms with Gasteiger partial charge in [-0.2, -0.15) is 5.10 Å². The molecule has 8 nitrogen and oxygen atoms in total. The Kier molecular flexibility index (Phi) is 4.75. The number of H-pyrrole nitrogens is 1. The van der Waals surface area contributed by atoms with Crippen LogP contribution in [-0.4, -0.2) is 65.9 Å². The number of hydrogen-bond donors (Lipinski definition) is 2. The van der Waals surface area contributed by atoms with Gasteiger partial charge in [0.15, 0.2) is 0 Å². The quantitative estimate of drug-likeness (QED) is 0.865. The average Bonchev–Trinajstić information content (AvgIpc) is 3.16. The van der Waals surface area contributed by atoms with Gasteiger partial charge in [-0.3, -0.25) is 10.00 Å². The van der Waals surface area contributed by atoms with E-state index >= 15 is 0 Å². The van der Waals surface area contributed by atoms with E-state index in [-0.39, 0.29) is 6.03 Å². The van der Waals surface area contributed by atoms with Crippen LogP contribution in [0.15, 0.2) is 24.5 Å². The molecule has 0 radical (unpaired) electrons. The Morgan fingerprint density at radius 1 is 1.19 bits per heavy atom. The number of nitrogens with zero attached hydrogens (tertiary/aromatic N) is 5. The molecular weight excluding hydrogens is 330 g/mol. The summed E-state index contributed by atoms with van der Waals surface area (Å²) in [6, 6.07) is 4.00. The molecule has 2 aromatic rings. The van der Waals surface area contributed by atoms with Gasteiger partial charge in [0.1, 0.15) is 5.82 Å². The Morgan fingerprint density at radius 2 is 2.04 bits per heavy atom. The van der Waals surface area contributed by atoms with Crippen molar-refractivity contribution in [3.63, 3.8) is 0 Å². The number of hydrogen-bond acceptors (Lipinski definition) is 5. The number of fused-ring (bicyclic) bond motifs is 1. The number of aromatic amines is 1. The van der Waals surface area contributed by atoms with Crippen LogP contribution in [0.5, 0.6) is 0 Å². The Bertz CT molecular complexity index is 749. The van der Waals surface area contributed by atoms with Gasteiger partial charge in [0.25, 0.3) is 0 Å². The van der Waals surface area contributed by atoms with Crippen molar-refractivity contribution in [1.29, 1.82) is 0 Å². The predicted octanol–water partition coefficient (Wildman–Crippen LogP) is 1.22. The maximum absolute atomic E-state index is 12.5. The summed E-state index contributed by atoms with van der Waals surface area (Å²) in [6.07, 6.45) is 5.47. The summed E-state index contributed by atoms with van der Waals surface area (Å²) in [7, 11) is 2.14. The molecule has 2 aliphatic heterocycles. The van der Waals surface area contributed by atoms with Crippen LogP contribution < -0.4 is 15.1 Å². The molecule has 4 rings (SSSR count). The monoisotopic (exact) mass is 355 g/mol. The van der Waals surface area contributed by atoms with E-state index in [4.69, 9.17) is 0 Å². The van der Waals surface area contributed by atoms with E-state index in [1.807, 2.05) is 18.3 Å². The molecule has 0 bridgehead atoms. The van der Waals surface area contributed by atoms with Gasteiger partial charge in [-0.1, -0.05) is 6.07 Å². The zero-order valence-electron chi connectivity index (χ0n) is 15.1. The molecule has 2 amide bonds. The van der Waals surface area contributed by atoms with E-state index < -0.39 is 0 Å². The van der Waals surface area contributed by atoms with Crippen molar-refractivity contribution in [3.8, 4) is 0 Å². The van der Waals surface area contributed by atoms with Crippen LogP contribution in [0.2, 0.25) is 0 Å². The van der Waals surface area contributed by atoms with Gasteiger partial charge < -0.3 is 15.1 Å². The third-order valence-electron chi connectivity index (χ3n) is 5.12. The maximum Gasteiger partial charge on any atom is 0.322 e. The van der Waals surface area contributed by atoms with Crippen LogP contribution in [0, 0.1) is 0 Å². The van der Waals surface area contributed by atoms with Crippen molar-refractivity contribution in [2.75, 3.05) is 49.6 Å². The topological polar surface area (TPSA) is 80.4 Å².